The Hall–Kier alpha value is -4.50. The number of benzene rings is 3. The van der Waals surface area contributed by atoms with Crippen LogP contribution < -0.4 is 15.5 Å². The molecule has 1 fully saturated rings. The highest BCUT2D eigenvalue weighted by atomic mass is 16.7. The van der Waals surface area contributed by atoms with Crippen LogP contribution in [-0.2, 0) is 41.7 Å². The minimum atomic E-state index is -1.04. The summed E-state index contributed by atoms with van der Waals surface area (Å²) in [5.74, 6) is -2.41. The predicted octanol–water partition coefficient (Wildman–Crippen LogP) is 3.24. The number of amides is 2. The van der Waals surface area contributed by atoms with Gasteiger partial charge in [0.25, 0.3) is 5.91 Å². The van der Waals surface area contributed by atoms with E-state index in [0.29, 0.717) is 17.8 Å². The van der Waals surface area contributed by atoms with E-state index in [1.54, 1.807) is 12.1 Å². The van der Waals surface area contributed by atoms with Gasteiger partial charge in [-0.15, -0.1) is 0 Å². The topological polar surface area (TPSA) is 114 Å². The third-order valence-electron chi connectivity index (χ3n) is 7.02. The van der Waals surface area contributed by atoms with Crippen LogP contribution in [0.3, 0.4) is 0 Å². The third kappa shape index (κ3) is 6.55. The number of anilines is 2. The van der Waals surface area contributed by atoms with Gasteiger partial charge in [0, 0.05) is 13.0 Å². The van der Waals surface area contributed by atoms with Gasteiger partial charge >= 0.3 is 5.97 Å². The molecule has 3 aromatic carbocycles. The Balaban J connectivity index is 1.28. The minimum absolute atomic E-state index is 0.125. The number of cyclic esters (lactones) is 1. The second kappa shape index (κ2) is 12.6. The van der Waals surface area contributed by atoms with Crippen molar-refractivity contribution < 1.29 is 28.7 Å². The van der Waals surface area contributed by atoms with Crippen molar-refractivity contribution in [2.45, 2.75) is 38.2 Å². The molecule has 9 nitrogen and oxygen atoms in total. The average Bonchev–Trinajstić information content (AvgIpc) is 3.31. The van der Waals surface area contributed by atoms with E-state index in [2.05, 4.69) is 10.6 Å². The molecule has 0 aromatic heterocycles. The van der Waals surface area contributed by atoms with Gasteiger partial charge < -0.3 is 25.0 Å². The number of para-hydroxylation sites is 2. The maximum Gasteiger partial charge on any atom is 0.309 e. The van der Waals surface area contributed by atoms with E-state index in [4.69, 9.17) is 9.47 Å². The molecule has 0 bridgehead atoms. The zero-order valence-corrected chi connectivity index (χ0v) is 22.0. The summed E-state index contributed by atoms with van der Waals surface area (Å²) in [6, 6.07) is 25.3. The molecule has 3 aromatic rings. The number of nitrogens with one attached hydrogen (secondary N) is 2. The number of hydrogen-bond acceptors (Lipinski definition) is 7. The lowest BCUT2D eigenvalue weighted by atomic mass is 10.0. The summed E-state index contributed by atoms with van der Waals surface area (Å²) in [5.41, 5.74) is 3.10. The minimum Gasteiger partial charge on any atom is -0.435 e. The number of nitrogens with zero attached hydrogens (tertiary/aromatic N) is 1. The summed E-state index contributed by atoms with van der Waals surface area (Å²) in [5, 5.41) is 6.05. The number of Topliss-reactive ketones (excluding diaryl/α,β-unsaturated/α-hetero) is 1. The number of rotatable bonds is 10. The van der Waals surface area contributed by atoms with E-state index in [9.17, 15) is 19.2 Å². The predicted molar refractivity (Wildman–Crippen MR) is 148 cm³/mol. The summed E-state index contributed by atoms with van der Waals surface area (Å²) < 4.78 is 11.1. The fourth-order valence-corrected chi connectivity index (χ4v) is 4.89. The van der Waals surface area contributed by atoms with Gasteiger partial charge in [-0.1, -0.05) is 72.8 Å². The molecule has 2 N–H and O–H groups in total. The van der Waals surface area contributed by atoms with Crippen molar-refractivity contribution in [3.05, 3.63) is 96.1 Å². The van der Waals surface area contributed by atoms with Gasteiger partial charge in [0.1, 0.15) is 6.04 Å². The molecule has 3 atom stereocenters. The van der Waals surface area contributed by atoms with Crippen molar-refractivity contribution in [1.29, 1.82) is 0 Å². The first kappa shape index (κ1) is 27.1. The van der Waals surface area contributed by atoms with Gasteiger partial charge in [-0.25, -0.2) is 0 Å². The number of aryl methyl sites for hydroxylation is 1. The number of hydrogen-bond donors (Lipinski definition) is 2. The largest absolute Gasteiger partial charge is 0.435 e. The van der Waals surface area contributed by atoms with E-state index in [1.807, 2.05) is 72.8 Å². The van der Waals surface area contributed by atoms with Crippen molar-refractivity contribution in [3.63, 3.8) is 0 Å². The SMILES string of the molecule is O=C(CCc1ccccc1)NC1CNc2ccccc2N(CC(=O)C2CC(=O)OC2OCc2ccccc2)C1=O. The number of carbonyl (C=O) groups excluding carboxylic acids is 4. The molecule has 2 aliphatic heterocycles. The summed E-state index contributed by atoms with van der Waals surface area (Å²) >= 11 is 0. The van der Waals surface area contributed by atoms with E-state index < -0.39 is 30.1 Å². The van der Waals surface area contributed by atoms with Gasteiger partial charge in [0.15, 0.2) is 5.78 Å². The molecule has 0 saturated carbocycles. The second-order valence-corrected chi connectivity index (χ2v) is 9.86. The molecular formula is C31H31N3O6. The molecule has 2 heterocycles. The molecule has 40 heavy (non-hydrogen) atoms. The monoisotopic (exact) mass is 541 g/mol. The molecule has 3 unspecified atom stereocenters. The standard InChI is InChI=1S/C31H31N3O6/c35-27(23-17-29(37)40-31(23)39-20-22-11-5-2-6-12-22)19-34-26-14-8-7-13-24(26)32-18-25(30(34)38)33-28(36)16-15-21-9-3-1-4-10-21/h1-14,23,25,31-32H,15-20H2,(H,33,36). The summed E-state index contributed by atoms with van der Waals surface area (Å²) in [6.45, 7) is 0.0565. The van der Waals surface area contributed by atoms with Crippen LogP contribution >= 0.6 is 0 Å². The smallest absolute Gasteiger partial charge is 0.309 e. The molecule has 5 rings (SSSR count). The first-order chi connectivity index (χ1) is 19.5. The Kier molecular flexibility index (Phi) is 8.51. The van der Waals surface area contributed by atoms with Crippen molar-refractivity contribution in [2.75, 3.05) is 23.3 Å². The fraction of sp³-hybridized carbons (Fsp3) is 0.290. The van der Waals surface area contributed by atoms with Gasteiger partial charge in [0.05, 0.1) is 36.9 Å². The Morgan fingerprint density at radius 2 is 1.60 bits per heavy atom. The van der Waals surface area contributed by atoms with Crippen LogP contribution in [0.2, 0.25) is 0 Å². The summed E-state index contributed by atoms with van der Waals surface area (Å²) in [6.07, 6.45) is -0.394. The van der Waals surface area contributed by atoms with Gasteiger partial charge in [0.2, 0.25) is 12.2 Å². The zero-order chi connectivity index (χ0) is 27.9. The first-order valence-corrected chi connectivity index (χ1v) is 13.3. The number of esters is 1. The van der Waals surface area contributed by atoms with Crippen molar-refractivity contribution >= 4 is 34.9 Å². The third-order valence-corrected chi connectivity index (χ3v) is 7.02. The van der Waals surface area contributed by atoms with E-state index in [1.165, 1.54) is 4.90 Å². The van der Waals surface area contributed by atoms with E-state index in [-0.39, 0.29) is 44.2 Å². The van der Waals surface area contributed by atoms with Crippen LogP contribution in [0.4, 0.5) is 11.4 Å². The molecular weight excluding hydrogens is 510 g/mol. The first-order valence-electron chi connectivity index (χ1n) is 13.3. The maximum absolute atomic E-state index is 13.7. The molecule has 9 heteroatoms. The number of carbonyl (C=O) groups is 4. The number of fused-ring (bicyclic) bond motifs is 1. The van der Waals surface area contributed by atoms with Crippen molar-refractivity contribution in [1.82, 2.24) is 5.32 Å². The number of ketones is 1. The van der Waals surface area contributed by atoms with Crippen molar-refractivity contribution in [3.8, 4) is 0 Å². The average molecular weight is 542 g/mol. The molecule has 206 valence electrons. The van der Waals surface area contributed by atoms with Crippen LogP contribution in [0.15, 0.2) is 84.9 Å². The number of ether oxygens (including phenoxy) is 2. The van der Waals surface area contributed by atoms with E-state index >= 15 is 0 Å². The van der Waals surface area contributed by atoms with Crippen LogP contribution in [0.25, 0.3) is 0 Å². The highest BCUT2D eigenvalue weighted by Gasteiger charge is 2.42. The van der Waals surface area contributed by atoms with E-state index in [0.717, 1.165) is 11.1 Å². The Morgan fingerprint density at radius 3 is 2.35 bits per heavy atom. The lowest BCUT2D eigenvalue weighted by Gasteiger charge is -2.26. The highest BCUT2D eigenvalue weighted by Crippen LogP contribution is 2.31. The lowest BCUT2D eigenvalue weighted by Crippen LogP contribution is -2.52. The van der Waals surface area contributed by atoms with Gasteiger partial charge in [-0.3, -0.25) is 19.2 Å². The molecule has 0 spiro atoms. The molecule has 1 saturated heterocycles. The van der Waals surface area contributed by atoms with Crippen molar-refractivity contribution in [2.24, 2.45) is 5.92 Å². The highest BCUT2D eigenvalue weighted by molar-refractivity contribution is 6.07. The van der Waals surface area contributed by atoms with Gasteiger partial charge in [-0.05, 0) is 29.7 Å². The fourth-order valence-electron chi connectivity index (χ4n) is 4.89. The van der Waals surface area contributed by atoms with Crippen LogP contribution in [-0.4, -0.2) is 49.0 Å². The normalized spacial score (nSPS) is 20.2. The Morgan fingerprint density at radius 1 is 0.925 bits per heavy atom. The van der Waals surface area contributed by atoms with Crippen LogP contribution in [0, 0.1) is 5.92 Å². The summed E-state index contributed by atoms with van der Waals surface area (Å²) in [7, 11) is 0. The Bertz CT molecular complexity index is 1360. The molecule has 0 aliphatic carbocycles. The molecule has 2 aliphatic rings. The maximum atomic E-state index is 13.7. The van der Waals surface area contributed by atoms with Gasteiger partial charge in [-0.2, -0.15) is 0 Å². The summed E-state index contributed by atoms with van der Waals surface area (Å²) in [4.78, 5) is 53.5. The van der Waals surface area contributed by atoms with Crippen LogP contribution in [0.5, 0.6) is 0 Å². The molecule has 2 amide bonds. The lowest BCUT2D eigenvalue weighted by molar-refractivity contribution is -0.171. The Labute approximate surface area is 232 Å². The van der Waals surface area contributed by atoms with Crippen LogP contribution in [0.1, 0.15) is 24.0 Å². The molecule has 0 radical (unpaired) electrons. The zero-order valence-electron chi connectivity index (χ0n) is 22.0. The second-order valence-electron chi connectivity index (χ2n) is 9.86. The quantitative estimate of drug-likeness (QED) is 0.379.